The Labute approximate surface area is 102 Å². The second-order valence-corrected chi connectivity index (χ2v) is 4.19. The highest BCUT2D eigenvalue weighted by Gasteiger charge is 2.01. The van der Waals surface area contributed by atoms with Gasteiger partial charge >= 0.3 is 0 Å². The Morgan fingerprint density at radius 2 is 2.12 bits per heavy atom. The number of benzene rings is 1. The third-order valence-electron chi connectivity index (χ3n) is 2.80. The predicted molar refractivity (Wildman–Crippen MR) is 71.6 cm³/mol. The van der Waals surface area contributed by atoms with Gasteiger partial charge in [0.1, 0.15) is 0 Å². The van der Waals surface area contributed by atoms with Crippen LogP contribution in [0, 0.1) is 13.8 Å². The molecular formula is C13H18N4. The van der Waals surface area contributed by atoms with E-state index in [1.54, 1.807) is 0 Å². The van der Waals surface area contributed by atoms with Gasteiger partial charge in [0.2, 0.25) is 5.96 Å². The Morgan fingerprint density at radius 1 is 1.35 bits per heavy atom. The fourth-order valence-electron chi connectivity index (χ4n) is 1.80. The molecule has 1 heterocycles. The van der Waals surface area contributed by atoms with Crippen LogP contribution in [0.2, 0.25) is 0 Å². The van der Waals surface area contributed by atoms with Crippen LogP contribution in [-0.4, -0.2) is 25.3 Å². The molecule has 0 amide bonds. The van der Waals surface area contributed by atoms with Gasteiger partial charge in [-0.15, -0.1) is 0 Å². The number of nitrogens with one attached hydrogen (secondary N) is 2. The maximum atomic E-state index is 4.29. The zero-order valence-corrected chi connectivity index (χ0v) is 10.3. The van der Waals surface area contributed by atoms with Crippen LogP contribution >= 0.6 is 0 Å². The van der Waals surface area contributed by atoms with Gasteiger partial charge in [-0.3, -0.25) is 4.99 Å². The normalized spacial score (nSPS) is 15.5. The van der Waals surface area contributed by atoms with E-state index >= 15 is 0 Å². The van der Waals surface area contributed by atoms with Crippen molar-refractivity contribution in [3.8, 4) is 0 Å². The first-order valence-corrected chi connectivity index (χ1v) is 5.91. The van der Waals surface area contributed by atoms with Gasteiger partial charge in [-0.25, -0.2) is 5.43 Å². The molecule has 2 N–H and O–H groups in total. The van der Waals surface area contributed by atoms with Crippen LogP contribution in [0.4, 0.5) is 0 Å². The summed E-state index contributed by atoms with van der Waals surface area (Å²) < 4.78 is 0. The Kier molecular flexibility index (Phi) is 3.75. The van der Waals surface area contributed by atoms with Gasteiger partial charge in [-0.2, -0.15) is 5.10 Å². The molecule has 0 spiro atoms. The van der Waals surface area contributed by atoms with Crippen LogP contribution in [0.5, 0.6) is 0 Å². The second-order valence-electron chi connectivity index (χ2n) is 4.19. The molecule has 0 aliphatic carbocycles. The summed E-state index contributed by atoms with van der Waals surface area (Å²) in [6.07, 6.45) is 2.94. The molecular weight excluding hydrogens is 212 g/mol. The fraction of sp³-hybridized carbons (Fsp3) is 0.385. The highest BCUT2D eigenvalue weighted by Crippen LogP contribution is 2.10. The summed E-state index contributed by atoms with van der Waals surface area (Å²) in [6.45, 7) is 6.01. The molecule has 0 radical (unpaired) electrons. The van der Waals surface area contributed by atoms with Crippen molar-refractivity contribution in [3.63, 3.8) is 0 Å². The van der Waals surface area contributed by atoms with Crippen molar-refractivity contribution < 1.29 is 0 Å². The van der Waals surface area contributed by atoms with E-state index in [-0.39, 0.29) is 0 Å². The summed E-state index contributed by atoms with van der Waals surface area (Å²) in [5.41, 5.74) is 6.56. The molecule has 0 atom stereocenters. The Bertz CT molecular complexity index is 428. The lowest BCUT2D eigenvalue weighted by Gasteiger charge is -2.13. The number of hydrazone groups is 1. The maximum absolute atomic E-state index is 4.29. The van der Waals surface area contributed by atoms with Crippen LogP contribution in [0.1, 0.15) is 23.1 Å². The number of hydrogen-bond donors (Lipinski definition) is 2. The summed E-state index contributed by atoms with van der Waals surface area (Å²) in [4.78, 5) is 4.29. The number of rotatable bonds is 2. The lowest BCUT2D eigenvalue weighted by molar-refractivity contribution is 0.712. The molecule has 90 valence electrons. The SMILES string of the molecule is Cc1cccc(C)c1/C=N/NC1=NCCCN1. The zero-order chi connectivity index (χ0) is 12.1. The molecule has 2 rings (SSSR count). The van der Waals surface area contributed by atoms with Crippen LogP contribution < -0.4 is 10.7 Å². The number of aryl methyl sites for hydroxylation is 2. The molecule has 0 aromatic heterocycles. The third kappa shape index (κ3) is 3.06. The van der Waals surface area contributed by atoms with E-state index in [4.69, 9.17) is 0 Å². The molecule has 0 saturated heterocycles. The van der Waals surface area contributed by atoms with Gasteiger partial charge in [0, 0.05) is 18.7 Å². The Hall–Kier alpha value is -1.84. The van der Waals surface area contributed by atoms with Gasteiger partial charge in [-0.05, 0) is 31.4 Å². The summed E-state index contributed by atoms with van der Waals surface area (Å²) in [5, 5.41) is 7.38. The van der Waals surface area contributed by atoms with Gasteiger partial charge < -0.3 is 5.32 Å². The van der Waals surface area contributed by atoms with Gasteiger partial charge in [0.25, 0.3) is 0 Å². The van der Waals surface area contributed by atoms with Crippen molar-refractivity contribution in [2.75, 3.05) is 13.1 Å². The molecule has 17 heavy (non-hydrogen) atoms. The minimum absolute atomic E-state index is 0.763. The molecule has 1 aromatic carbocycles. The first-order chi connectivity index (χ1) is 8.27. The van der Waals surface area contributed by atoms with Gasteiger partial charge in [0.15, 0.2) is 0 Å². The summed E-state index contributed by atoms with van der Waals surface area (Å²) in [7, 11) is 0. The van der Waals surface area contributed by atoms with E-state index < -0.39 is 0 Å². The van der Waals surface area contributed by atoms with Crippen molar-refractivity contribution in [1.29, 1.82) is 0 Å². The molecule has 4 heteroatoms. The number of hydrogen-bond acceptors (Lipinski definition) is 4. The van der Waals surface area contributed by atoms with Crippen molar-refractivity contribution in [3.05, 3.63) is 34.9 Å². The van der Waals surface area contributed by atoms with E-state index in [2.05, 4.69) is 52.9 Å². The average molecular weight is 230 g/mol. The highest BCUT2D eigenvalue weighted by atomic mass is 15.4. The van der Waals surface area contributed by atoms with E-state index in [1.807, 2.05) is 6.21 Å². The molecule has 1 aliphatic heterocycles. The van der Waals surface area contributed by atoms with E-state index in [0.717, 1.165) is 31.0 Å². The Balaban J connectivity index is 2.03. The molecule has 0 saturated carbocycles. The van der Waals surface area contributed by atoms with Crippen molar-refractivity contribution in [2.45, 2.75) is 20.3 Å². The monoisotopic (exact) mass is 230 g/mol. The summed E-state index contributed by atoms with van der Waals surface area (Å²) in [5.74, 6) is 0.763. The topological polar surface area (TPSA) is 48.8 Å². The average Bonchev–Trinajstić information content (AvgIpc) is 2.34. The van der Waals surface area contributed by atoms with Crippen molar-refractivity contribution >= 4 is 12.2 Å². The maximum Gasteiger partial charge on any atom is 0.212 e. The number of guanidine groups is 1. The molecule has 0 fully saturated rings. The molecule has 1 aliphatic rings. The Morgan fingerprint density at radius 3 is 2.76 bits per heavy atom. The van der Waals surface area contributed by atoms with Crippen LogP contribution in [0.25, 0.3) is 0 Å². The second kappa shape index (κ2) is 5.48. The summed E-state index contributed by atoms with van der Waals surface area (Å²) in [6, 6.07) is 6.23. The smallest absolute Gasteiger partial charge is 0.212 e. The highest BCUT2D eigenvalue weighted by molar-refractivity contribution is 5.86. The summed E-state index contributed by atoms with van der Waals surface area (Å²) >= 11 is 0. The number of nitrogens with zero attached hydrogens (tertiary/aromatic N) is 2. The lowest BCUT2D eigenvalue weighted by atomic mass is 10.0. The molecule has 0 unspecified atom stereocenters. The van der Waals surface area contributed by atoms with Crippen molar-refractivity contribution in [2.24, 2.45) is 10.1 Å². The van der Waals surface area contributed by atoms with Crippen LogP contribution in [0.3, 0.4) is 0 Å². The molecule has 1 aromatic rings. The number of aliphatic imine (C=N–C) groups is 1. The minimum atomic E-state index is 0.763. The lowest BCUT2D eigenvalue weighted by Crippen LogP contribution is -2.38. The first-order valence-electron chi connectivity index (χ1n) is 5.91. The van der Waals surface area contributed by atoms with E-state index in [9.17, 15) is 0 Å². The molecule has 0 bridgehead atoms. The third-order valence-corrected chi connectivity index (χ3v) is 2.80. The van der Waals surface area contributed by atoms with Crippen molar-refractivity contribution in [1.82, 2.24) is 10.7 Å². The van der Waals surface area contributed by atoms with Crippen LogP contribution in [0.15, 0.2) is 28.3 Å². The first kappa shape index (κ1) is 11.6. The standard InChI is InChI=1S/C13H18N4/c1-10-5-3-6-11(2)12(10)9-16-17-13-14-7-4-8-15-13/h3,5-6,9H,4,7-8H2,1-2H3,(H2,14,15,17)/b16-9+. The minimum Gasteiger partial charge on any atom is -0.355 e. The fourth-order valence-corrected chi connectivity index (χ4v) is 1.80. The van der Waals surface area contributed by atoms with E-state index in [1.165, 1.54) is 11.1 Å². The van der Waals surface area contributed by atoms with Gasteiger partial charge in [-0.1, -0.05) is 18.2 Å². The largest absolute Gasteiger partial charge is 0.355 e. The van der Waals surface area contributed by atoms with Crippen LogP contribution in [-0.2, 0) is 0 Å². The molecule has 4 nitrogen and oxygen atoms in total. The van der Waals surface area contributed by atoms with E-state index in [0.29, 0.717) is 0 Å². The quantitative estimate of drug-likeness (QED) is 0.598. The zero-order valence-electron chi connectivity index (χ0n) is 10.3. The predicted octanol–water partition coefficient (Wildman–Crippen LogP) is 1.58. The van der Waals surface area contributed by atoms with Gasteiger partial charge in [0.05, 0.1) is 6.21 Å².